The highest BCUT2D eigenvalue weighted by molar-refractivity contribution is 5.97. The molecular formula is C11H16N4O2. The van der Waals surface area contributed by atoms with Gasteiger partial charge >= 0.3 is 0 Å². The number of hydrogen-bond donors (Lipinski definition) is 2. The van der Waals surface area contributed by atoms with Crippen molar-refractivity contribution in [2.45, 2.75) is 19.9 Å². The van der Waals surface area contributed by atoms with Crippen LogP contribution in [0.2, 0.25) is 0 Å². The fraction of sp³-hybridized carbons (Fsp3) is 0.364. The lowest BCUT2D eigenvalue weighted by molar-refractivity contribution is 0.0734. The molecule has 0 aliphatic heterocycles. The molecule has 0 radical (unpaired) electrons. The highest BCUT2D eigenvalue weighted by atomic mass is 16.4. The van der Waals surface area contributed by atoms with Crippen molar-refractivity contribution in [1.29, 1.82) is 0 Å². The number of amides is 1. The largest absolute Gasteiger partial charge is 0.409 e. The number of carbonyl (C=O) groups excluding carboxylic acids is 1. The average molecular weight is 236 g/mol. The second kappa shape index (κ2) is 5.83. The van der Waals surface area contributed by atoms with Crippen molar-refractivity contribution < 1.29 is 10.0 Å². The molecule has 1 rings (SSSR count). The van der Waals surface area contributed by atoms with Gasteiger partial charge in [-0.2, -0.15) is 0 Å². The van der Waals surface area contributed by atoms with Gasteiger partial charge in [-0.1, -0.05) is 5.16 Å². The molecule has 0 aromatic carbocycles. The second-order valence-electron chi connectivity index (χ2n) is 3.85. The molecule has 3 N–H and O–H groups in total. The van der Waals surface area contributed by atoms with E-state index < -0.39 is 0 Å². The lowest BCUT2D eigenvalue weighted by atomic mass is 10.2. The van der Waals surface area contributed by atoms with Crippen molar-refractivity contribution in [3.05, 3.63) is 30.1 Å². The highest BCUT2D eigenvalue weighted by Gasteiger charge is 2.19. The fourth-order valence-electron chi connectivity index (χ4n) is 1.36. The topological polar surface area (TPSA) is 91.8 Å². The standard InChI is InChI=1S/C11H16N4O2/c1-8(2)15(7-10(12)14-17)11(16)9-3-5-13-6-4-9/h3-6,8,17H,7H2,1-2H3,(H2,12,14). The molecule has 6 heteroatoms. The van der Waals surface area contributed by atoms with E-state index in [0.717, 1.165) is 0 Å². The number of rotatable bonds is 4. The van der Waals surface area contributed by atoms with Gasteiger partial charge in [0.05, 0.1) is 6.54 Å². The van der Waals surface area contributed by atoms with Crippen LogP contribution in [0.25, 0.3) is 0 Å². The van der Waals surface area contributed by atoms with E-state index in [4.69, 9.17) is 10.9 Å². The molecule has 0 fully saturated rings. The van der Waals surface area contributed by atoms with E-state index in [1.54, 1.807) is 24.5 Å². The maximum Gasteiger partial charge on any atom is 0.254 e. The van der Waals surface area contributed by atoms with Crippen LogP contribution in [0.15, 0.2) is 29.7 Å². The van der Waals surface area contributed by atoms with Gasteiger partial charge in [-0.25, -0.2) is 0 Å². The predicted molar refractivity (Wildman–Crippen MR) is 63.8 cm³/mol. The molecule has 0 spiro atoms. The third-order valence-corrected chi connectivity index (χ3v) is 2.27. The summed E-state index contributed by atoms with van der Waals surface area (Å²) in [5.74, 6) is -0.171. The van der Waals surface area contributed by atoms with Crippen molar-refractivity contribution in [3.8, 4) is 0 Å². The Morgan fingerprint density at radius 1 is 1.53 bits per heavy atom. The first-order valence-electron chi connectivity index (χ1n) is 5.23. The maximum atomic E-state index is 12.1. The molecule has 0 saturated carbocycles. The van der Waals surface area contributed by atoms with Gasteiger partial charge in [-0.15, -0.1) is 0 Å². The highest BCUT2D eigenvalue weighted by Crippen LogP contribution is 2.07. The summed E-state index contributed by atoms with van der Waals surface area (Å²) in [4.78, 5) is 17.5. The zero-order chi connectivity index (χ0) is 12.8. The summed E-state index contributed by atoms with van der Waals surface area (Å²) < 4.78 is 0. The zero-order valence-corrected chi connectivity index (χ0v) is 9.87. The third-order valence-electron chi connectivity index (χ3n) is 2.27. The Labute approximate surface area is 99.7 Å². The molecule has 0 saturated heterocycles. The number of carbonyl (C=O) groups is 1. The van der Waals surface area contributed by atoms with Crippen LogP contribution >= 0.6 is 0 Å². The Morgan fingerprint density at radius 3 is 2.59 bits per heavy atom. The number of nitrogens with two attached hydrogens (primary N) is 1. The van der Waals surface area contributed by atoms with E-state index in [1.165, 1.54) is 4.90 Å². The van der Waals surface area contributed by atoms with Crippen molar-refractivity contribution >= 4 is 11.7 Å². The normalized spacial score (nSPS) is 11.6. The molecule has 0 aliphatic carbocycles. The number of oxime groups is 1. The van der Waals surface area contributed by atoms with Gasteiger partial charge in [0, 0.05) is 24.0 Å². The van der Waals surface area contributed by atoms with E-state index in [-0.39, 0.29) is 24.3 Å². The van der Waals surface area contributed by atoms with Gasteiger partial charge in [0.1, 0.15) is 0 Å². The number of amidine groups is 1. The number of aromatic nitrogens is 1. The summed E-state index contributed by atoms with van der Waals surface area (Å²) in [6, 6.07) is 3.21. The Balaban J connectivity index is 2.89. The van der Waals surface area contributed by atoms with Crippen LogP contribution in [-0.4, -0.2) is 39.4 Å². The lowest BCUT2D eigenvalue weighted by Crippen LogP contribution is -2.42. The van der Waals surface area contributed by atoms with Gasteiger partial charge in [-0.05, 0) is 26.0 Å². The quantitative estimate of drug-likeness (QED) is 0.348. The van der Waals surface area contributed by atoms with Crippen LogP contribution in [0, 0.1) is 0 Å². The maximum absolute atomic E-state index is 12.1. The molecule has 0 atom stereocenters. The Bertz CT molecular complexity index is 403. The molecule has 1 heterocycles. The summed E-state index contributed by atoms with van der Waals surface area (Å²) in [6.07, 6.45) is 3.10. The average Bonchev–Trinajstić information content (AvgIpc) is 2.35. The monoisotopic (exact) mass is 236 g/mol. The van der Waals surface area contributed by atoms with Gasteiger partial charge < -0.3 is 15.8 Å². The number of pyridine rings is 1. The number of nitrogens with zero attached hydrogens (tertiary/aromatic N) is 3. The van der Waals surface area contributed by atoms with Gasteiger partial charge in [0.15, 0.2) is 5.84 Å². The second-order valence-corrected chi connectivity index (χ2v) is 3.85. The first kappa shape index (κ1) is 13.0. The Hall–Kier alpha value is -2.11. The lowest BCUT2D eigenvalue weighted by Gasteiger charge is -2.26. The van der Waals surface area contributed by atoms with Crippen molar-refractivity contribution in [2.75, 3.05) is 6.54 Å². The Kier molecular flexibility index (Phi) is 4.45. The van der Waals surface area contributed by atoms with E-state index in [2.05, 4.69) is 10.1 Å². The molecule has 17 heavy (non-hydrogen) atoms. The molecule has 1 amide bonds. The number of hydrogen-bond acceptors (Lipinski definition) is 4. The summed E-state index contributed by atoms with van der Waals surface area (Å²) >= 11 is 0. The molecule has 6 nitrogen and oxygen atoms in total. The SMILES string of the molecule is CC(C)N(CC(N)=NO)C(=O)c1ccncc1. The van der Waals surface area contributed by atoms with Crippen LogP contribution in [-0.2, 0) is 0 Å². The predicted octanol–water partition coefficient (Wildman–Crippen LogP) is 0.679. The summed E-state index contributed by atoms with van der Waals surface area (Å²) in [6.45, 7) is 3.82. The van der Waals surface area contributed by atoms with E-state index in [1.807, 2.05) is 13.8 Å². The minimum absolute atomic E-state index is 0.00102. The van der Waals surface area contributed by atoms with Crippen LogP contribution < -0.4 is 5.73 Å². The van der Waals surface area contributed by atoms with Crippen molar-refractivity contribution in [2.24, 2.45) is 10.9 Å². The van der Waals surface area contributed by atoms with Crippen LogP contribution in [0.5, 0.6) is 0 Å². The molecule has 0 aliphatic rings. The van der Waals surface area contributed by atoms with Gasteiger partial charge in [0.2, 0.25) is 0 Å². The third kappa shape index (κ3) is 3.44. The smallest absolute Gasteiger partial charge is 0.254 e. The molecule has 0 unspecified atom stereocenters. The van der Waals surface area contributed by atoms with E-state index >= 15 is 0 Å². The minimum Gasteiger partial charge on any atom is -0.409 e. The van der Waals surface area contributed by atoms with Gasteiger partial charge in [0.25, 0.3) is 5.91 Å². The molecule has 1 aromatic heterocycles. The zero-order valence-electron chi connectivity index (χ0n) is 9.87. The van der Waals surface area contributed by atoms with Crippen molar-refractivity contribution in [3.63, 3.8) is 0 Å². The molecule has 92 valence electrons. The summed E-state index contributed by atoms with van der Waals surface area (Å²) in [5, 5.41) is 11.4. The summed E-state index contributed by atoms with van der Waals surface area (Å²) in [5.41, 5.74) is 5.95. The Morgan fingerprint density at radius 2 is 2.12 bits per heavy atom. The van der Waals surface area contributed by atoms with Crippen LogP contribution in [0.3, 0.4) is 0 Å². The van der Waals surface area contributed by atoms with E-state index in [9.17, 15) is 4.79 Å². The molecule has 1 aromatic rings. The van der Waals surface area contributed by atoms with Crippen molar-refractivity contribution in [1.82, 2.24) is 9.88 Å². The summed E-state index contributed by atoms with van der Waals surface area (Å²) in [7, 11) is 0. The van der Waals surface area contributed by atoms with Crippen LogP contribution in [0.1, 0.15) is 24.2 Å². The minimum atomic E-state index is -0.172. The van der Waals surface area contributed by atoms with Gasteiger partial charge in [-0.3, -0.25) is 9.78 Å². The first-order chi connectivity index (χ1) is 8.06. The molecule has 0 bridgehead atoms. The molecular weight excluding hydrogens is 220 g/mol. The fourth-order valence-corrected chi connectivity index (χ4v) is 1.36. The first-order valence-corrected chi connectivity index (χ1v) is 5.23. The van der Waals surface area contributed by atoms with E-state index in [0.29, 0.717) is 5.56 Å². The van der Waals surface area contributed by atoms with Crippen LogP contribution in [0.4, 0.5) is 0 Å².